The molecule has 0 spiro atoms. The van der Waals surface area contributed by atoms with E-state index in [-0.39, 0.29) is 5.56 Å². The number of benzene rings is 2. The van der Waals surface area contributed by atoms with Crippen molar-refractivity contribution in [3.8, 4) is 0 Å². The first-order valence-electron chi connectivity index (χ1n) is 4.82. The minimum Gasteiger partial charge on any atom is -0.289 e. The highest BCUT2D eigenvalue weighted by molar-refractivity contribution is 9.10. The summed E-state index contributed by atoms with van der Waals surface area (Å²) in [7, 11) is 0. The van der Waals surface area contributed by atoms with Gasteiger partial charge in [0.1, 0.15) is 11.6 Å². The minimum absolute atomic E-state index is 0.000556. The summed E-state index contributed by atoms with van der Waals surface area (Å²) < 4.78 is 26.7. The second-order valence-corrected chi connectivity index (χ2v) is 4.41. The summed E-state index contributed by atoms with van der Waals surface area (Å²) in [6.07, 6.45) is 0. The summed E-state index contributed by atoms with van der Waals surface area (Å²) in [5.74, 6) is -1.93. The summed E-state index contributed by atoms with van der Waals surface area (Å²) in [6, 6.07) is 9.42. The van der Waals surface area contributed by atoms with Crippen LogP contribution in [0.5, 0.6) is 0 Å². The quantitative estimate of drug-likeness (QED) is 0.767. The fourth-order valence-electron chi connectivity index (χ4n) is 1.48. The van der Waals surface area contributed by atoms with Gasteiger partial charge in [-0.2, -0.15) is 0 Å². The molecule has 0 N–H and O–H groups in total. The Balaban J connectivity index is 2.43. The van der Waals surface area contributed by atoms with E-state index in [1.807, 2.05) is 0 Å². The highest BCUT2D eigenvalue weighted by atomic mass is 79.9. The smallest absolute Gasteiger partial charge is 0.193 e. The number of ketones is 1. The van der Waals surface area contributed by atoms with E-state index in [0.29, 0.717) is 5.56 Å². The van der Waals surface area contributed by atoms with Crippen molar-refractivity contribution >= 4 is 21.7 Å². The molecule has 0 aliphatic rings. The molecule has 0 aliphatic carbocycles. The molecule has 0 fully saturated rings. The van der Waals surface area contributed by atoms with Crippen molar-refractivity contribution in [2.24, 2.45) is 0 Å². The van der Waals surface area contributed by atoms with Crippen LogP contribution in [0, 0.1) is 11.6 Å². The van der Waals surface area contributed by atoms with Gasteiger partial charge in [0.15, 0.2) is 5.78 Å². The number of rotatable bonds is 2. The Hall–Kier alpha value is -1.55. The maximum atomic E-state index is 13.0. The van der Waals surface area contributed by atoms with Gasteiger partial charge in [0, 0.05) is 21.7 Å². The van der Waals surface area contributed by atoms with Crippen LogP contribution in [-0.4, -0.2) is 5.78 Å². The lowest BCUT2D eigenvalue weighted by atomic mass is 10.0. The lowest BCUT2D eigenvalue weighted by Gasteiger charge is -2.02. The lowest BCUT2D eigenvalue weighted by molar-refractivity contribution is 0.103. The van der Waals surface area contributed by atoms with Gasteiger partial charge in [-0.05, 0) is 24.3 Å². The zero-order valence-corrected chi connectivity index (χ0v) is 10.2. The fourth-order valence-corrected chi connectivity index (χ4v) is 1.88. The standard InChI is InChI=1S/C13H7BrF2O/c14-10-3-1-2-8(4-10)13(17)9-5-11(15)7-12(16)6-9/h1-7H. The van der Waals surface area contributed by atoms with Gasteiger partial charge < -0.3 is 0 Å². The Bertz CT molecular complexity index is 561. The molecule has 0 saturated carbocycles. The molecule has 0 amide bonds. The Morgan fingerprint density at radius 3 is 2.18 bits per heavy atom. The molecule has 2 aromatic rings. The molecule has 4 heteroatoms. The summed E-state index contributed by atoms with van der Waals surface area (Å²) >= 11 is 3.23. The van der Waals surface area contributed by atoms with Crippen molar-refractivity contribution in [3.63, 3.8) is 0 Å². The number of hydrogen-bond donors (Lipinski definition) is 0. The third-order valence-corrected chi connectivity index (χ3v) is 2.70. The largest absolute Gasteiger partial charge is 0.289 e. The van der Waals surface area contributed by atoms with Crippen LogP contribution in [-0.2, 0) is 0 Å². The molecule has 2 aromatic carbocycles. The third-order valence-electron chi connectivity index (χ3n) is 2.21. The maximum Gasteiger partial charge on any atom is 0.193 e. The molecule has 0 bridgehead atoms. The average molecular weight is 297 g/mol. The predicted octanol–water partition coefficient (Wildman–Crippen LogP) is 3.96. The summed E-state index contributed by atoms with van der Waals surface area (Å²) in [5, 5.41) is 0. The second-order valence-electron chi connectivity index (χ2n) is 3.50. The van der Waals surface area contributed by atoms with Gasteiger partial charge in [-0.1, -0.05) is 28.1 Å². The average Bonchev–Trinajstić information content (AvgIpc) is 2.26. The van der Waals surface area contributed by atoms with E-state index in [2.05, 4.69) is 15.9 Å². The van der Waals surface area contributed by atoms with Crippen molar-refractivity contribution < 1.29 is 13.6 Å². The molecule has 0 radical (unpaired) electrons. The van der Waals surface area contributed by atoms with Gasteiger partial charge in [-0.25, -0.2) is 8.78 Å². The van der Waals surface area contributed by atoms with Crippen LogP contribution >= 0.6 is 15.9 Å². The van der Waals surface area contributed by atoms with Crippen LogP contribution in [0.2, 0.25) is 0 Å². The lowest BCUT2D eigenvalue weighted by Crippen LogP contribution is -2.02. The number of carbonyl (C=O) groups excluding carboxylic acids is 1. The van der Waals surface area contributed by atoms with Crippen LogP contribution in [0.4, 0.5) is 8.78 Å². The molecule has 0 aromatic heterocycles. The molecular weight excluding hydrogens is 290 g/mol. The van der Waals surface area contributed by atoms with Crippen molar-refractivity contribution in [3.05, 3.63) is 69.7 Å². The summed E-state index contributed by atoms with van der Waals surface area (Å²) in [4.78, 5) is 11.9. The van der Waals surface area contributed by atoms with Gasteiger partial charge in [0.05, 0.1) is 0 Å². The van der Waals surface area contributed by atoms with Crippen molar-refractivity contribution in [2.45, 2.75) is 0 Å². The third kappa shape index (κ3) is 2.77. The minimum atomic E-state index is -0.761. The van der Waals surface area contributed by atoms with Crippen LogP contribution in [0.3, 0.4) is 0 Å². The molecule has 2 rings (SSSR count). The molecule has 0 atom stereocenters. The first kappa shape index (κ1) is 11.9. The molecule has 17 heavy (non-hydrogen) atoms. The van der Waals surface area contributed by atoms with Gasteiger partial charge >= 0.3 is 0 Å². The molecule has 0 heterocycles. The highest BCUT2D eigenvalue weighted by Gasteiger charge is 2.11. The van der Waals surface area contributed by atoms with Gasteiger partial charge in [-0.15, -0.1) is 0 Å². The SMILES string of the molecule is O=C(c1cc(F)cc(F)c1)c1cccc(Br)c1. The van der Waals surface area contributed by atoms with Crippen LogP contribution in [0.15, 0.2) is 46.9 Å². The zero-order chi connectivity index (χ0) is 12.4. The van der Waals surface area contributed by atoms with Crippen LogP contribution in [0.25, 0.3) is 0 Å². The van der Waals surface area contributed by atoms with Crippen molar-refractivity contribution in [1.29, 1.82) is 0 Å². The van der Waals surface area contributed by atoms with Crippen molar-refractivity contribution in [1.82, 2.24) is 0 Å². The fraction of sp³-hybridized carbons (Fsp3) is 0. The molecule has 1 nitrogen and oxygen atoms in total. The predicted molar refractivity (Wildman–Crippen MR) is 63.9 cm³/mol. The van der Waals surface area contributed by atoms with Crippen molar-refractivity contribution in [2.75, 3.05) is 0 Å². The van der Waals surface area contributed by atoms with Gasteiger partial charge in [0.25, 0.3) is 0 Å². The Kier molecular flexibility index (Phi) is 3.33. The summed E-state index contributed by atoms with van der Waals surface area (Å²) in [5.41, 5.74) is 0.380. The molecular formula is C13H7BrF2O. The van der Waals surface area contributed by atoms with E-state index in [0.717, 1.165) is 22.7 Å². The van der Waals surface area contributed by atoms with E-state index in [1.165, 1.54) is 0 Å². The highest BCUT2D eigenvalue weighted by Crippen LogP contribution is 2.17. The summed E-state index contributed by atoms with van der Waals surface area (Å²) in [6.45, 7) is 0. The maximum absolute atomic E-state index is 13.0. The molecule has 86 valence electrons. The molecule has 0 aliphatic heterocycles. The topological polar surface area (TPSA) is 17.1 Å². The van der Waals surface area contributed by atoms with E-state index < -0.39 is 17.4 Å². The Labute approximate surface area is 105 Å². The number of carbonyl (C=O) groups is 1. The first-order chi connectivity index (χ1) is 8.06. The monoisotopic (exact) mass is 296 g/mol. The van der Waals surface area contributed by atoms with Gasteiger partial charge in [0.2, 0.25) is 0 Å². The number of halogens is 3. The van der Waals surface area contributed by atoms with E-state index in [4.69, 9.17) is 0 Å². The van der Waals surface area contributed by atoms with Gasteiger partial charge in [-0.3, -0.25) is 4.79 Å². The zero-order valence-electron chi connectivity index (χ0n) is 8.58. The Morgan fingerprint density at radius 2 is 1.59 bits per heavy atom. The van der Waals surface area contributed by atoms with E-state index in [9.17, 15) is 13.6 Å². The Morgan fingerprint density at radius 1 is 0.941 bits per heavy atom. The van der Waals surface area contributed by atoms with Crippen LogP contribution in [0.1, 0.15) is 15.9 Å². The molecule has 0 saturated heterocycles. The molecule has 0 unspecified atom stereocenters. The second kappa shape index (κ2) is 4.75. The van der Waals surface area contributed by atoms with Crippen LogP contribution < -0.4 is 0 Å². The van der Waals surface area contributed by atoms with E-state index >= 15 is 0 Å². The number of hydrogen-bond acceptors (Lipinski definition) is 1. The van der Waals surface area contributed by atoms with E-state index in [1.54, 1.807) is 24.3 Å². The first-order valence-corrected chi connectivity index (χ1v) is 5.62. The normalized spacial score (nSPS) is 10.3.